The number of Topliss-reactive ketones (excluding diaryl/α,β-unsaturated/α-hetero) is 5. The normalized spacial score (nSPS) is 10.8. The Morgan fingerprint density at radius 2 is 0.705 bits per heavy atom. The first-order valence-corrected chi connectivity index (χ1v) is 32.5. The van der Waals surface area contributed by atoms with Gasteiger partial charge in [-0.25, -0.2) is 43.5 Å². The van der Waals surface area contributed by atoms with E-state index in [1.165, 1.54) is 44.0 Å². The van der Waals surface area contributed by atoms with Crippen LogP contribution in [0.15, 0.2) is 204 Å². The van der Waals surface area contributed by atoms with Crippen LogP contribution < -0.4 is 0 Å². The fourth-order valence-corrected chi connectivity index (χ4v) is 9.49. The maximum Gasteiger partial charge on any atom is 0.234 e. The van der Waals surface area contributed by atoms with E-state index in [9.17, 15) is 67.5 Å². The lowest BCUT2D eigenvalue weighted by atomic mass is 10.1. The number of aromatic nitrogens is 12. The maximum atomic E-state index is 13.6. The minimum atomic E-state index is -3.33. The number of halogens is 8. The Hall–Kier alpha value is -13.0. The fourth-order valence-electron chi connectivity index (χ4n) is 8.82. The lowest BCUT2D eigenvalue weighted by Crippen LogP contribution is -2.09. The van der Waals surface area contributed by atoms with Crippen molar-refractivity contribution in [3.05, 3.63) is 269 Å². The van der Waals surface area contributed by atoms with Crippen LogP contribution >= 0.6 is 0 Å². The molecule has 34 heteroatoms. The highest BCUT2D eigenvalue weighted by atomic mass is 32.2. The summed E-state index contributed by atoms with van der Waals surface area (Å²) in [5.74, 6) is -5.76. The van der Waals surface area contributed by atoms with Crippen LogP contribution in [0.3, 0.4) is 0 Å². The van der Waals surface area contributed by atoms with Crippen LogP contribution in [0.4, 0.5) is 35.1 Å². The number of pyridine rings is 2. The molecule has 0 aliphatic heterocycles. The van der Waals surface area contributed by atoms with E-state index in [0.29, 0.717) is 28.7 Å². The van der Waals surface area contributed by atoms with Gasteiger partial charge in [0.05, 0.1) is 59.3 Å². The van der Waals surface area contributed by atoms with Crippen molar-refractivity contribution in [2.24, 2.45) is 0 Å². The molecular weight excluding hydrogens is 1410 g/mol. The quantitative estimate of drug-likeness (QED) is 0.0449. The standard InChI is InChI=1S/C16H10F2N2O2.C16H13N3O4S.C15H9F2N3O2.C12H10F2N2O3.C12H10F2N2O2/c17-11-6-7-13(18)12(8-11)16-19-15(22-20-16)9-14(21)10-4-2-1-3-5-10;1-24(21,22)13-4-2-3-12(9-13)16-18-15(23-19-16)10-14(20)11-5-7-17-8-6-11;16-10-1-2-12(17)11(7-10)15-19-14(22-20-15)8-13(21)9-3-5-18-6-4-9;1-18-6-8(17)5-11-15-12(16-19-11)9-4-7(13)2-3-10(9)14;1-2-8(17)6-11-15-12(16-18-11)9-5-7(13)3-4-10(9)14/h1-8H,9H2;2-9H,10H2,1H3;1-7H,8H2;2-4H,5-6H2,1H3;3-5H,2,6H2,1H3. The molecule has 0 radical (unpaired) electrons. The van der Waals surface area contributed by atoms with Gasteiger partial charge in [-0.2, -0.15) is 24.9 Å². The van der Waals surface area contributed by atoms with Gasteiger partial charge in [-0.05, 0) is 109 Å². The van der Waals surface area contributed by atoms with E-state index in [1.807, 2.05) is 0 Å². The number of methoxy groups -OCH3 is 1. The second-order valence-electron chi connectivity index (χ2n) is 21.7. The van der Waals surface area contributed by atoms with Gasteiger partial charge in [0.2, 0.25) is 58.6 Å². The molecule has 0 aliphatic carbocycles. The molecule has 13 rings (SSSR count). The summed E-state index contributed by atoms with van der Waals surface area (Å²) in [5.41, 5.74) is 1.54. The van der Waals surface area contributed by atoms with Crippen LogP contribution in [0.2, 0.25) is 0 Å². The molecule has 0 fully saturated rings. The number of nitrogens with zero attached hydrogens (tertiary/aromatic N) is 12. The van der Waals surface area contributed by atoms with Gasteiger partial charge in [-0.1, -0.05) is 75.2 Å². The molecule has 7 heterocycles. The zero-order valence-corrected chi connectivity index (χ0v) is 55.6. The lowest BCUT2D eigenvalue weighted by molar-refractivity contribution is -0.122. The Morgan fingerprint density at radius 3 is 1.05 bits per heavy atom. The number of rotatable bonds is 22. The molecule has 0 saturated heterocycles. The van der Waals surface area contributed by atoms with Crippen molar-refractivity contribution >= 4 is 38.8 Å². The Bertz CT molecular complexity index is 5160. The number of hydrogen-bond acceptors (Lipinski definition) is 25. The van der Waals surface area contributed by atoms with Crippen LogP contribution in [-0.2, 0) is 56.3 Å². The predicted octanol–water partition coefficient (Wildman–Crippen LogP) is 12.5. The second kappa shape index (κ2) is 36.1. The van der Waals surface area contributed by atoms with E-state index >= 15 is 0 Å². The zero-order valence-electron chi connectivity index (χ0n) is 54.8. The second-order valence-corrected chi connectivity index (χ2v) is 23.7. The van der Waals surface area contributed by atoms with Crippen molar-refractivity contribution in [2.75, 3.05) is 20.0 Å². The highest BCUT2D eigenvalue weighted by molar-refractivity contribution is 7.90. The molecule has 105 heavy (non-hydrogen) atoms. The molecule has 0 aliphatic rings. The van der Waals surface area contributed by atoms with E-state index in [2.05, 4.69) is 65.4 Å². The number of carbonyl (C=O) groups is 5. The molecule has 0 atom stereocenters. The number of ketones is 5. The first-order valence-electron chi connectivity index (χ1n) is 30.6. The van der Waals surface area contributed by atoms with Crippen LogP contribution in [0.25, 0.3) is 56.9 Å². The smallest absolute Gasteiger partial charge is 0.234 e. The summed E-state index contributed by atoms with van der Waals surface area (Å²) < 4.78 is 159. The predicted molar refractivity (Wildman–Crippen MR) is 350 cm³/mol. The molecule has 0 N–H and O–H groups in total. The van der Waals surface area contributed by atoms with Crippen molar-refractivity contribution in [1.29, 1.82) is 0 Å². The lowest BCUT2D eigenvalue weighted by Gasteiger charge is -1.99. The molecule has 0 bridgehead atoms. The Balaban J connectivity index is 0.000000153. The molecule has 0 spiro atoms. The van der Waals surface area contributed by atoms with Gasteiger partial charge >= 0.3 is 0 Å². The summed E-state index contributed by atoms with van der Waals surface area (Å²) in [6.45, 7) is 1.64. The monoisotopic (exact) mass is 1460 g/mol. The van der Waals surface area contributed by atoms with Crippen LogP contribution in [0.1, 0.15) is 73.9 Å². The molecule has 6 aromatic carbocycles. The Labute approximate surface area is 588 Å². The van der Waals surface area contributed by atoms with Crippen LogP contribution in [-0.4, -0.2) is 118 Å². The van der Waals surface area contributed by atoms with E-state index in [4.69, 9.17) is 22.6 Å². The third-order valence-electron chi connectivity index (χ3n) is 14.0. The summed E-state index contributed by atoms with van der Waals surface area (Å²) in [6.07, 6.45) is 7.14. The summed E-state index contributed by atoms with van der Waals surface area (Å²) in [6, 6.07) is 33.0. The Morgan fingerprint density at radius 1 is 0.381 bits per heavy atom. The highest BCUT2D eigenvalue weighted by Gasteiger charge is 2.22. The number of carbonyl (C=O) groups excluding carboxylic acids is 5. The highest BCUT2D eigenvalue weighted by Crippen LogP contribution is 2.27. The minimum Gasteiger partial charge on any atom is -0.377 e. The van der Waals surface area contributed by atoms with Crippen molar-refractivity contribution in [3.63, 3.8) is 0 Å². The third-order valence-corrected chi connectivity index (χ3v) is 15.1. The molecule has 7 aromatic heterocycles. The van der Waals surface area contributed by atoms with E-state index in [0.717, 1.165) is 79.1 Å². The van der Waals surface area contributed by atoms with Crippen molar-refractivity contribution in [3.8, 4) is 56.9 Å². The van der Waals surface area contributed by atoms with Crippen LogP contribution in [0, 0.1) is 46.5 Å². The van der Waals surface area contributed by atoms with Gasteiger partial charge in [0.25, 0.3) is 0 Å². The SMILES string of the molecule is CCC(=O)Cc1nc(-c2cc(F)ccc2F)no1.COCC(=O)Cc1nc(-c2cc(F)ccc2F)no1.CS(=O)(=O)c1cccc(-c2noc(CC(=O)c3ccncc3)n2)c1.O=C(Cc1nc(-c2cc(F)ccc2F)no1)c1ccccc1.O=C(Cc1nc(-c2cc(F)ccc2F)no1)c1ccncc1. The zero-order chi connectivity index (χ0) is 75.2. The maximum absolute atomic E-state index is 13.6. The largest absolute Gasteiger partial charge is 0.377 e. The molecule has 25 nitrogen and oxygen atoms in total. The van der Waals surface area contributed by atoms with Gasteiger partial charge < -0.3 is 27.4 Å². The number of sulfone groups is 1. The van der Waals surface area contributed by atoms with E-state index in [-0.39, 0.29) is 153 Å². The van der Waals surface area contributed by atoms with Gasteiger partial charge in [-0.15, -0.1) is 0 Å². The van der Waals surface area contributed by atoms with Gasteiger partial charge in [0, 0.05) is 66.8 Å². The molecule has 0 amide bonds. The van der Waals surface area contributed by atoms with Crippen molar-refractivity contribution < 1.29 is 94.9 Å². The fraction of sp³-hybridized carbons (Fsp3) is 0.141. The van der Waals surface area contributed by atoms with Crippen molar-refractivity contribution in [1.82, 2.24) is 60.7 Å². The molecular formula is C71H52F8N12O13S. The summed E-state index contributed by atoms with van der Waals surface area (Å²) in [4.78, 5) is 86.2. The number of hydrogen-bond donors (Lipinski definition) is 0. The minimum absolute atomic E-state index is 0.000431. The van der Waals surface area contributed by atoms with E-state index in [1.54, 1.807) is 73.7 Å². The van der Waals surface area contributed by atoms with E-state index < -0.39 is 56.4 Å². The molecule has 536 valence electrons. The summed E-state index contributed by atoms with van der Waals surface area (Å²) in [7, 11) is -1.94. The Kier molecular flexibility index (Phi) is 26.2. The summed E-state index contributed by atoms with van der Waals surface area (Å²) in [5, 5.41) is 18.0. The number of benzene rings is 6. The molecule has 0 unspecified atom stereocenters. The van der Waals surface area contributed by atoms with Crippen LogP contribution in [0.5, 0.6) is 0 Å². The van der Waals surface area contributed by atoms with Gasteiger partial charge in [0.15, 0.2) is 33.0 Å². The average Bonchev–Trinajstić information content (AvgIpc) is 1.78. The first-order chi connectivity index (χ1) is 50.4. The first kappa shape index (κ1) is 76.2. The number of ether oxygens (including phenoxy) is 1. The van der Waals surface area contributed by atoms with Gasteiger partial charge in [-0.3, -0.25) is 33.9 Å². The average molecular weight is 1470 g/mol. The topological polar surface area (TPSA) is 349 Å². The molecule has 13 aromatic rings. The van der Waals surface area contributed by atoms with Gasteiger partial charge in [0.1, 0.15) is 58.9 Å². The van der Waals surface area contributed by atoms with Crippen molar-refractivity contribution in [2.45, 2.75) is 50.3 Å². The summed E-state index contributed by atoms with van der Waals surface area (Å²) >= 11 is 0. The third kappa shape index (κ3) is 22.0. The molecule has 0 saturated carbocycles.